The minimum Gasteiger partial charge on any atom is -0.389 e. The minimum atomic E-state index is -0.637. The highest BCUT2D eigenvalue weighted by Crippen LogP contribution is 2.32. The smallest absolute Gasteiger partial charge is 0.255 e. The van der Waals surface area contributed by atoms with Crippen molar-refractivity contribution in [2.24, 2.45) is 0 Å². The summed E-state index contributed by atoms with van der Waals surface area (Å²) in [5, 5.41) is 27.1. The number of fused-ring (bicyclic) bond motifs is 1. The molecule has 1 fully saturated rings. The molecular weight excluding hydrogens is 427 g/mol. The van der Waals surface area contributed by atoms with Crippen LogP contribution in [-0.4, -0.2) is 58.2 Å². The van der Waals surface area contributed by atoms with E-state index in [1.54, 1.807) is 30.1 Å². The number of pyridine rings is 1. The van der Waals surface area contributed by atoms with Crippen molar-refractivity contribution in [2.45, 2.75) is 25.2 Å². The third kappa shape index (κ3) is 3.61. The number of β-amino-alcohol motifs (C(OH)–C–C–N with tert-alkyl or cyclic N) is 1. The second kappa shape index (κ2) is 8.27. The number of nitrogens with one attached hydrogen (secondary N) is 1. The predicted molar refractivity (Wildman–Crippen MR) is 116 cm³/mol. The number of carbonyl (C=O) groups excluding carboxylic acids is 1. The van der Waals surface area contributed by atoms with Crippen LogP contribution in [-0.2, 0) is 11.3 Å². The molecule has 0 spiro atoms. The van der Waals surface area contributed by atoms with Gasteiger partial charge in [-0.05, 0) is 24.6 Å². The number of hydrogen-bond acceptors (Lipinski definition) is 7. The number of amides is 1. The number of aliphatic hydroxyl groups is 1. The van der Waals surface area contributed by atoms with Gasteiger partial charge in [0.2, 0.25) is 0 Å². The summed E-state index contributed by atoms with van der Waals surface area (Å²) in [4.78, 5) is 19.0. The first-order valence-corrected chi connectivity index (χ1v) is 10.5. The van der Waals surface area contributed by atoms with E-state index in [0.717, 1.165) is 0 Å². The van der Waals surface area contributed by atoms with Crippen LogP contribution in [0.5, 0.6) is 0 Å². The van der Waals surface area contributed by atoms with E-state index in [-0.39, 0.29) is 35.4 Å². The lowest BCUT2D eigenvalue weighted by Crippen LogP contribution is -2.47. The number of benzene rings is 1. The first kappa shape index (κ1) is 21.1. The van der Waals surface area contributed by atoms with E-state index in [9.17, 15) is 19.6 Å². The fourth-order valence-electron chi connectivity index (χ4n) is 4.41. The van der Waals surface area contributed by atoms with Crippen LogP contribution in [0.4, 0.5) is 10.2 Å². The highest BCUT2D eigenvalue weighted by Gasteiger charge is 2.30. The third-order valence-electron chi connectivity index (χ3n) is 6.08. The maximum atomic E-state index is 14.7. The number of halogens is 1. The lowest BCUT2D eigenvalue weighted by Gasteiger charge is -2.35. The third-order valence-corrected chi connectivity index (χ3v) is 6.08. The van der Waals surface area contributed by atoms with Gasteiger partial charge in [-0.25, -0.2) is 14.1 Å². The summed E-state index contributed by atoms with van der Waals surface area (Å²) in [5.41, 5.74) is 1.76. The molecule has 3 aromatic rings. The van der Waals surface area contributed by atoms with Crippen molar-refractivity contribution in [3.8, 4) is 23.0 Å². The number of anilines is 1. The molecule has 2 N–H and O–H groups in total. The van der Waals surface area contributed by atoms with Crippen LogP contribution in [0.2, 0.25) is 0 Å². The summed E-state index contributed by atoms with van der Waals surface area (Å²) in [6.45, 7) is 1.24. The van der Waals surface area contributed by atoms with Gasteiger partial charge in [0.1, 0.15) is 5.82 Å². The quantitative estimate of drug-likeness (QED) is 0.625. The lowest BCUT2D eigenvalue weighted by molar-refractivity contribution is -0.0218. The van der Waals surface area contributed by atoms with Crippen LogP contribution in [0.1, 0.15) is 28.0 Å². The van der Waals surface area contributed by atoms with Gasteiger partial charge in [0.25, 0.3) is 5.91 Å². The summed E-state index contributed by atoms with van der Waals surface area (Å²) in [5.74, 6) is -0.222. The number of piperidine rings is 1. The number of nitriles is 1. The van der Waals surface area contributed by atoms with Crippen molar-refractivity contribution in [1.29, 1.82) is 5.26 Å². The zero-order valence-corrected chi connectivity index (χ0v) is 17.8. The van der Waals surface area contributed by atoms with E-state index in [1.807, 2.05) is 11.0 Å². The second-order valence-corrected chi connectivity index (χ2v) is 8.00. The standard InChI is InChI=1S/C23H21FN6O3/c1-33-19-5-7-29(12-18(19)31)20-6-8-30(28-20)17-9-15(27-16-11-26-23(32)22(16)17)21-13(10-25)3-2-4-14(21)24/h2-4,6,8-9,18-19,31H,5,7,11-12H2,1H3,(H,26,32)/t18-,19-/m0/s1. The van der Waals surface area contributed by atoms with Gasteiger partial charge in [-0.3, -0.25) is 4.79 Å². The van der Waals surface area contributed by atoms with Crippen LogP contribution < -0.4 is 10.2 Å². The molecule has 5 rings (SSSR count). The Bertz CT molecular complexity index is 1280. The van der Waals surface area contributed by atoms with Crippen molar-refractivity contribution >= 4 is 11.7 Å². The monoisotopic (exact) mass is 448 g/mol. The Morgan fingerprint density at radius 1 is 1.33 bits per heavy atom. The number of carbonyl (C=O) groups is 1. The summed E-state index contributed by atoms with van der Waals surface area (Å²) in [6, 6.07) is 9.64. The molecule has 10 heteroatoms. The van der Waals surface area contributed by atoms with E-state index < -0.39 is 11.9 Å². The van der Waals surface area contributed by atoms with E-state index in [2.05, 4.69) is 15.4 Å². The van der Waals surface area contributed by atoms with Crippen LogP contribution >= 0.6 is 0 Å². The SMILES string of the molecule is CO[C@H]1CCN(c2ccn(-c3cc(-c4c(F)cccc4C#N)nc4c3C(=O)NC4)n2)C[C@@H]1O. The summed E-state index contributed by atoms with van der Waals surface area (Å²) >= 11 is 0. The van der Waals surface area contributed by atoms with Gasteiger partial charge in [0.05, 0.1) is 58.6 Å². The largest absolute Gasteiger partial charge is 0.389 e. The molecule has 2 aliphatic heterocycles. The average molecular weight is 448 g/mol. The van der Waals surface area contributed by atoms with Crippen molar-refractivity contribution in [1.82, 2.24) is 20.1 Å². The molecule has 2 atom stereocenters. The Balaban J connectivity index is 1.58. The number of nitrogens with zero attached hydrogens (tertiary/aromatic N) is 5. The molecule has 168 valence electrons. The molecule has 2 aliphatic rings. The van der Waals surface area contributed by atoms with Crippen LogP contribution in [0.3, 0.4) is 0 Å². The van der Waals surface area contributed by atoms with Crippen molar-refractivity contribution in [2.75, 3.05) is 25.1 Å². The minimum absolute atomic E-state index is 0.0838. The molecule has 0 radical (unpaired) electrons. The van der Waals surface area contributed by atoms with E-state index in [1.165, 1.54) is 18.2 Å². The molecular formula is C23H21FN6O3. The zero-order valence-electron chi connectivity index (χ0n) is 17.8. The number of ether oxygens (including phenoxy) is 1. The van der Waals surface area contributed by atoms with Gasteiger partial charge in [-0.1, -0.05) is 6.07 Å². The number of hydrogen-bond donors (Lipinski definition) is 2. The van der Waals surface area contributed by atoms with Gasteiger partial charge >= 0.3 is 0 Å². The highest BCUT2D eigenvalue weighted by atomic mass is 19.1. The van der Waals surface area contributed by atoms with Crippen molar-refractivity contribution in [3.63, 3.8) is 0 Å². The molecule has 0 aliphatic carbocycles. The molecule has 2 aromatic heterocycles. The second-order valence-electron chi connectivity index (χ2n) is 8.00. The lowest BCUT2D eigenvalue weighted by atomic mass is 10.0. The van der Waals surface area contributed by atoms with Crippen molar-refractivity contribution < 1.29 is 19.0 Å². The average Bonchev–Trinajstić information content (AvgIpc) is 3.46. The van der Waals surface area contributed by atoms with Crippen molar-refractivity contribution in [3.05, 3.63) is 59.2 Å². The molecule has 1 aromatic carbocycles. The van der Waals surface area contributed by atoms with E-state index in [4.69, 9.17) is 4.74 Å². The zero-order chi connectivity index (χ0) is 23.1. The Morgan fingerprint density at radius 3 is 2.94 bits per heavy atom. The highest BCUT2D eigenvalue weighted by molar-refractivity contribution is 6.01. The number of rotatable bonds is 4. The van der Waals surface area contributed by atoms with Gasteiger partial charge in [0, 0.05) is 32.5 Å². The normalized spacial score (nSPS) is 19.8. The number of aromatic nitrogens is 3. The molecule has 0 unspecified atom stereocenters. The van der Waals surface area contributed by atoms with Crippen LogP contribution in [0.15, 0.2) is 36.5 Å². The molecule has 9 nitrogen and oxygen atoms in total. The molecule has 33 heavy (non-hydrogen) atoms. The Morgan fingerprint density at radius 2 is 2.18 bits per heavy atom. The number of methoxy groups -OCH3 is 1. The Labute approximate surface area is 189 Å². The topological polar surface area (TPSA) is 116 Å². The summed E-state index contributed by atoms with van der Waals surface area (Å²) in [6.07, 6.45) is 1.52. The number of aliphatic hydroxyl groups excluding tert-OH is 1. The maximum Gasteiger partial charge on any atom is 0.255 e. The fraction of sp³-hybridized carbons (Fsp3) is 0.304. The van der Waals surface area contributed by atoms with E-state index >= 15 is 0 Å². The molecule has 0 saturated carbocycles. The first-order valence-electron chi connectivity index (χ1n) is 10.5. The Kier molecular flexibility index (Phi) is 5.28. The van der Waals surface area contributed by atoms with Crippen LogP contribution in [0, 0.1) is 17.1 Å². The van der Waals surface area contributed by atoms with Gasteiger partial charge in [0.15, 0.2) is 5.82 Å². The van der Waals surface area contributed by atoms with E-state index in [0.29, 0.717) is 42.3 Å². The summed E-state index contributed by atoms with van der Waals surface area (Å²) in [7, 11) is 1.58. The fourth-order valence-corrected chi connectivity index (χ4v) is 4.41. The maximum absolute atomic E-state index is 14.7. The predicted octanol–water partition coefficient (Wildman–Crippen LogP) is 1.77. The van der Waals surface area contributed by atoms with Crippen LogP contribution in [0.25, 0.3) is 16.9 Å². The van der Waals surface area contributed by atoms with Gasteiger partial charge in [-0.2, -0.15) is 10.4 Å². The first-order chi connectivity index (χ1) is 16.0. The molecule has 1 amide bonds. The molecule has 0 bridgehead atoms. The Hall–Kier alpha value is -3.81. The molecule has 4 heterocycles. The van der Waals surface area contributed by atoms with Gasteiger partial charge < -0.3 is 20.1 Å². The molecule has 1 saturated heterocycles. The van der Waals surface area contributed by atoms with Gasteiger partial charge in [-0.15, -0.1) is 0 Å². The summed E-state index contributed by atoms with van der Waals surface area (Å²) < 4.78 is 21.5.